The number of aromatic nitrogens is 4. The SMILES string of the molecule is C[C@H](N=CC(C#N)c1nn[nH]n1)C(C)(C)C. The minimum absolute atomic E-state index is 0.0771. The molecule has 0 aliphatic heterocycles. The van der Waals surface area contributed by atoms with Crippen LogP contribution >= 0.6 is 0 Å². The van der Waals surface area contributed by atoms with Gasteiger partial charge in [-0.1, -0.05) is 26.0 Å². The van der Waals surface area contributed by atoms with E-state index in [1.165, 1.54) is 0 Å². The highest BCUT2D eigenvalue weighted by Crippen LogP contribution is 2.21. The molecule has 0 saturated carbocycles. The van der Waals surface area contributed by atoms with Crippen LogP contribution in [0, 0.1) is 16.7 Å². The van der Waals surface area contributed by atoms with Gasteiger partial charge in [0.1, 0.15) is 5.92 Å². The van der Waals surface area contributed by atoms with Crippen molar-refractivity contribution < 1.29 is 0 Å². The smallest absolute Gasteiger partial charge is 0.197 e. The predicted molar refractivity (Wildman–Crippen MR) is 59.9 cm³/mol. The van der Waals surface area contributed by atoms with E-state index in [9.17, 15) is 0 Å². The summed E-state index contributed by atoms with van der Waals surface area (Å²) in [7, 11) is 0. The lowest BCUT2D eigenvalue weighted by Gasteiger charge is -2.23. The number of rotatable bonds is 3. The first kappa shape index (κ1) is 12.3. The van der Waals surface area contributed by atoms with Crippen molar-refractivity contribution in [2.75, 3.05) is 0 Å². The van der Waals surface area contributed by atoms with Gasteiger partial charge in [0.15, 0.2) is 5.82 Å². The molecule has 0 aliphatic carbocycles. The number of tetrazole rings is 1. The summed E-state index contributed by atoms with van der Waals surface area (Å²) >= 11 is 0. The minimum Gasteiger partial charge on any atom is -0.292 e. The van der Waals surface area contributed by atoms with Crippen molar-refractivity contribution in [2.45, 2.75) is 39.7 Å². The zero-order valence-electron chi connectivity index (χ0n) is 9.97. The summed E-state index contributed by atoms with van der Waals surface area (Å²) in [6, 6.07) is 2.21. The van der Waals surface area contributed by atoms with Crippen LogP contribution in [-0.2, 0) is 0 Å². The molecule has 0 aromatic carbocycles. The topological polar surface area (TPSA) is 90.6 Å². The van der Waals surface area contributed by atoms with Gasteiger partial charge < -0.3 is 0 Å². The van der Waals surface area contributed by atoms with Crippen molar-refractivity contribution in [1.29, 1.82) is 5.26 Å². The van der Waals surface area contributed by atoms with Gasteiger partial charge in [-0.25, -0.2) is 0 Å². The molecule has 0 fully saturated rings. The molecule has 1 heterocycles. The first-order valence-corrected chi connectivity index (χ1v) is 5.11. The minimum atomic E-state index is -0.538. The number of H-pyrrole nitrogens is 1. The molecule has 2 atom stereocenters. The fourth-order valence-corrected chi connectivity index (χ4v) is 0.898. The number of hydrogen-bond acceptors (Lipinski definition) is 5. The Labute approximate surface area is 94.8 Å². The molecule has 1 aromatic heterocycles. The average molecular weight is 220 g/mol. The second-order valence-electron chi connectivity index (χ2n) is 4.72. The van der Waals surface area contributed by atoms with E-state index >= 15 is 0 Å². The Bertz CT molecular complexity index is 380. The first-order valence-electron chi connectivity index (χ1n) is 5.11. The number of nitrogens with one attached hydrogen (secondary N) is 1. The van der Waals surface area contributed by atoms with Gasteiger partial charge in [-0.3, -0.25) is 4.99 Å². The molecule has 6 nitrogen and oxygen atoms in total. The lowest BCUT2D eigenvalue weighted by Crippen LogP contribution is -2.21. The second kappa shape index (κ2) is 4.84. The Balaban J connectivity index is 2.73. The Morgan fingerprint density at radius 3 is 2.62 bits per heavy atom. The Morgan fingerprint density at radius 2 is 2.19 bits per heavy atom. The van der Waals surface area contributed by atoms with Gasteiger partial charge >= 0.3 is 0 Å². The van der Waals surface area contributed by atoms with Gasteiger partial charge in [0.05, 0.1) is 12.1 Å². The van der Waals surface area contributed by atoms with Crippen molar-refractivity contribution in [2.24, 2.45) is 10.4 Å². The molecule has 86 valence electrons. The molecule has 0 spiro atoms. The van der Waals surface area contributed by atoms with Gasteiger partial charge in [0.25, 0.3) is 0 Å². The largest absolute Gasteiger partial charge is 0.292 e. The van der Waals surface area contributed by atoms with E-state index in [4.69, 9.17) is 5.26 Å². The highest BCUT2D eigenvalue weighted by atomic mass is 15.5. The Hall–Kier alpha value is -1.77. The van der Waals surface area contributed by atoms with Gasteiger partial charge in [-0.05, 0) is 12.3 Å². The van der Waals surface area contributed by atoms with E-state index in [1.807, 2.05) is 6.92 Å². The van der Waals surface area contributed by atoms with Crippen LogP contribution in [-0.4, -0.2) is 32.9 Å². The zero-order chi connectivity index (χ0) is 12.2. The summed E-state index contributed by atoms with van der Waals surface area (Å²) in [5.41, 5.74) is 0.0771. The Morgan fingerprint density at radius 1 is 1.50 bits per heavy atom. The summed E-state index contributed by atoms with van der Waals surface area (Å²) in [5.74, 6) is -0.184. The van der Waals surface area contributed by atoms with E-state index in [1.54, 1.807) is 6.21 Å². The van der Waals surface area contributed by atoms with Crippen LogP contribution in [0.2, 0.25) is 0 Å². The van der Waals surface area contributed by atoms with Gasteiger partial charge in [-0.2, -0.15) is 10.5 Å². The summed E-state index contributed by atoms with van der Waals surface area (Å²) in [5, 5.41) is 22.2. The van der Waals surface area contributed by atoms with Crippen molar-refractivity contribution in [3.63, 3.8) is 0 Å². The number of nitrogens with zero attached hydrogens (tertiary/aromatic N) is 5. The first-order chi connectivity index (χ1) is 7.45. The summed E-state index contributed by atoms with van der Waals surface area (Å²) in [6.45, 7) is 8.32. The third-order valence-corrected chi connectivity index (χ3v) is 2.49. The normalized spacial score (nSPS) is 15.9. The van der Waals surface area contributed by atoms with Crippen LogP contribution in [0.4, 0.5) is 0 Å². The van der Waals surface area contributed by atoms with E-state index in [-0.39, 0.29) is 11.5 Å². The molecule has 16 heavy (non-hydrogen) atoms. The van der Waals surface area contributed by atoms with Gasteiger partial charge in [0.2, 0.25) is 0 Å². The van der Waals surface area contributed by atoms with Crippen LogP contribution in [0.3, 0.4) is 0 Å². The molecule has 1 unspecified atom stereocenters. The average Bonchev–Trinajstić information content (AvgIpc) is 2.70. The number of aliphatic imine (C=N–C) groups is 1. The zero-order valence-corrected chi connectivity index (χ0v) is 9.97. The fourth-order valence-electron chi connectivity index (χ4n) is 0.898. The summed E-state index contributed by atoms with van der Waals surface area (Å²) in [6.07, 6.45) is 1.58. The van der Waals surface area contributed by atoms with E-state index < -0.39 is 5.92 Å². The fraction of sp³-hybridized carbons (Fsp3) is 0.700. The van der Waals surface area contributed by atoms with E-state index in [0.29, 0.717) is 5.82 Å². The lowest BCUT2D eigenvalue weighted by atomic mass is 9.88. The van der Waals surface area contributed by atoms with Crippen molar-refractivity contribution in [3.05, 3.63) is 5.82 Å². The number of hydrogen-bond donors (Lipinski definition) is 1. The van der Waals surface area contributed by atoms with Crippen LogP contribution in [0.5, 0.6) is 0 Å². The van der Waals surface area contributed by atoms with Crippen LogP contribution in [0.25, 0.3) is 0 Å². The predicted octanol–water partition coefficient (Wildman–Crippen LogP) is 1.31. The molecule has 1 rings (SSSR count). The standard InChI is InChI=1S/C10H16N6/c1-7(10(2,3)4)12-6-8(5-11)9-13-15-16-14-9/h6-8H,1-4H3,(H,13,14,15,16)/t7-,8?/m0/s1. The Kier molecular flexibility index (Phi) is 3.72. The number of aromatic amines is 1. The molecule has 6 heteroatoms. The second-order valence-corrected chi connectivity index (χ2v) is 4.72. The maximum atomic E-state index is 8.95. The van der Waals surface area contributed by atoms with Gasteiger partial charge in [-0.15, -0.1) is 10.2 Å². The maximum Gasteiger partial charge on any atom is 0.197 e. The highest BCUT2D eigenvalue weighted by Gasteiger charge is 2.20. The maximum absolute atomic E-state index is 8.95. The molecule has 0 amide bonds. The molecule has 0 aliphatic rings. The highest BCUT2D eigenvalue weighted by molar-refractivity contribution is 5.70. The summed E-state index contributed by atoms with van der Waals surface area (Å²) < 4.78 is 0. The number of nitriles is 1. The van der Waals surface area contributed by atoms with Crippen molar-refractivity contribution in [1.82, 2.24) is 20.6 Å². The molecule has 1 N–H and O–H groups in total. The lowest BCUT2D eigenvalue weighted by molar-refractivity contribution is 0.342. The van der Waals surface area contributed by atoms with Crippen LogP contribution in [0.15, 0.2) is 4.99 Å². The van der Waals surface area contributed by atoms with E-state index in [2.05, 4.69) is 52.5 Å². The van der Waals surface area contributed by atoms with E-state index in [0.717, 1.165) is 0 Å². The molecule has 1 aromatic rings. The molecule has 0 saturated heterocycles. The van der Waals surface area contributed by atoms with Crippen molar-refractivity contribution >= 4 is 6.21 Å². The molecule has 0 bridgehead atoms. The third kappa shape index (κ3) is 3.12. The van der Waals surface area contributed by atoms with Crippen molar-refractivity contribution in [3.8, 4) is 6.07 Å². The monoisotopic (exact) mass is 220 g/mol. The van der Waals surface area contributed by atoms with Crippen LogP contribution in [0.1, 0.15) is 39.4 Å². The van der Waals surface area contributed by atoms with Gasteiger partial charge in [0, 0.05) is 6.21 Å². The molecule has 0 radical (unpaired) electrons. The quantitative estimate of drug-likeness (QED) is 0.777. The summed E-state index contributed by atoms with van der Waals surface area (Å²) in [4.78, 5) is 4.35. The molecular weight excluding hydrogens is 204 g/mol. The third-order valence-electron chi connectivity index (χ3n) is 2.49. The van der Waals surface area contributed by atoms with Crippen LogP contribution < -0.4 is 0 Å². The molecular formula is C10H16N6.